The average Bonchev–Trinajstić information content (AvgIpc) is 3.34. The molecule has 192 valence electrons. The van der Waals surface area contributed by atoms with E-state index < -0.39 is 0 Å². The van der Waals surface area contributed by atoms with Crippen molar-refractivity contribution in [3.63, 3.8) is 0 Å². The molecule has 6 heteroatoms. The lowest BCUT2D eigenvalue weighted by atomic mass is 9.54. The quantitative estimate of drug-likeness (QED) is 0.414. The lowest BCUT2D eigenvalue weighted by Crippen LogP contribution is -2.55. The minimum Gasteiger partial charge on any atom is -0.349 e. The minimum atomic E-state index is -0.0205. The number of H-pyrrole nitrogens is 1. The molecule has 4 bridgehead atoms. The molecule has 6 nitrogen and oxygen atoms in total. The van der Waals surface area contributed by atoms with Crippen LogP contribution < -0.4 is 10.6 Å². The van der Waals surface area contributed by atoms with E-state index in [1.54, 1.807) is 0 Å². The summed E-state index contributed by atoms with van der Waals surface area (Å²) in [6.45, 7) is 0. The summed E-state index contributed by atoms with van der Waals surface area (Å²) < 4.78 is 0. The number of amides is 2. The first-order valence-electron chi connectivity index (χ1n) is 14.3. The predicted octanol–water partition coefficient (Wildman–Crippen LogP) is 5.85. The molecule has 0 saturated heterocycles. The second-order valence-corrected chi connectivity index (χ2v) is 12.1. The molecule has 37 heavy (non-hydrogen) atoms. The number of nitrogens with one attached hydrogen (secondary N) is 3. The van der Waals surface area contributed by atoms with E-state index >= 15 is 0 Å². The van der Waals surface area contributed by atoms with Gasteiger partial charge in [0.2, 0.25) is 0 Å². The highest BCUT2D eigenvalue weighted by atomic mass is 16.2. The van der Waals surface area contributed by atoms with Crippen molar-refractivity contribution in [2.24, 2.45) is 23.7 Å². The van der Waals surface area contributed by atoms with Gasteiger partial charge in [0.15, 0.2) is 0 Å². The highest BCUT2D eigenvalue weighted by Crippen LogP contribution is 2.53. The van der Waals surface area contributed by atoms with Gasteiger partial charge >= 0.3 is 0 Å². The van der Waals surface area contributed by atoms with Gasteiger partial charge in [-0.05, 0) is 98.9 Å². The lowest BCUT2D eigenvalue weighted by Gasteiger charge is -2.54. The molecule has 1 heterocycles. The fourth-order valence-electron chi connectivity index (χ4n) is 7.97. The van der Waals surface area contributed by atoms with Crippen molar-refractivity contribution in [2.45, 2.75) is 76.3 Å². The van der Waals surface area contributed by atoms with Gasteiger partial charge in [-0.3, -0.25) is 9.59 Å². The number of imidazole rings is 1. The summed E-state index contributed by atoms with van der Waals surface area (Å²) in [5.41, 5.74) is 3.95. The topological polar surface area (TPSA) is 86.9 Å². The first-order valence-corrected chi connectivity index (χ1v) is 14.3. The number of rotatable bonds is 5. The van der Waals surface area contributed by atoms with Crippen molar-refractivity contribution in [2.75, 3.05) is 0 Å². The van der Waals surface area contributed by atoms with Crippen LogP contribution in [0.3, 0.4) is 0 Å². The molecule has 5 saturated carbocycles. The summed E-state index contributed by atoms with van der Waals surface area (Å²) in [5, 5.41) is 6.59. The maximum atomic E-state index is 13.1. The first-order chi connectivity index (χ1) is 18.1. The number of nitrogens with zero attached hydrogens (tertiary/aromatic N) is 1. The van der Waals surface area contributed by atoms with Crippen LogP contribution in [0.2, 0.25) is 0 Å². The second kappa shape index (κ2) is 9.30. The third-order valence-electron chi connectivity index (χ3n) is 9.63. The number of hydrogen-bond donors (Lipinski definition) is 3. The van der Waals surface area contributed by atoms with Crippen molar-refractivity contribution < 1.29 is 9.59 Å². The van der Waals surface area contributed by atoms with Crippen LogP contribution in [-0.4, -0.2) is 33.9 Å². The van der Waals surface area contributed by atoms with Crippen molar-refractivity contribution in [3.05, 3.63) is 53.6 Å². The Morgan fingerprint density at radius 3 is 2.11 bits per heavy atom. The SMILES string of the molecule is O=C(NC1CCCCC1)c1ccc2[nH]c(-c3ccc(C(=O)NC4[C@H]5C[C@@H]6C[C@@H](C[C@H]4C6)C5)cc3)nc2c1. The maximum absolute atomic E-state index is 13.1. The summed E-state index contributed by atoms with van der Waals surface area (Å²) in [6, 6.07) is 14.0. The highest BCUT2D eigenvalue weighted by Gasteiger charge is 2.48. The summed E-state index contributed by atoms with van der Waals surface area (Å²) >= 11 is 0. The zero-order valence-corrected chi connectivity index (χ0v) is 21.3. The van der Waals surface area contributed by atoms with E-state index in [-0.39, 0.29) is 17.9 Å². The van der Waals surface area contributed by atoms with E-state index in [2.05, 4.69) is 15.6 Å². The predicted molar refractivity (Wildman–Crippen MR) is 144 cm³/mol. The van der Waals surface area contributed by atoms with E-state index in [0.717, 1.165) is 47.1 Å². The molecule has 8 rings (SSSR count). The molecule has 3 aromatic rings. The van der Waals surface area contributed by atoms with Crippen LogP contribution in [0.1, 0.15) is 84.9 Å². The maximum Gasteiger partial charge on any atom is 0.251 e. The molecule has 5 aliphatic rings. The van der Waals surface area contributed by atoms with Crippen molar-refractivity contribution in [1.82, 2.24) is 20.6 Å². The molecule has 5 aliphatic carbocycles. The van der Waals surface area contributed by atoms with Gasteiger partial charge in [0.1, 0.15) is 5.82 Å². The van der Waals surface area contributed by atoms with Crippen LogP contribution in [0.15, 0.2) is 42.5 Å². The Hall–Kier alpha value is -3.15. The molecule has 0 atom stereocenters. The second-order valence-electron chi connectivity index (χ2n) is 12.1. The summed E-state index contributed by atoms with van der Waals surface area (Å²) in [5.74, 6) is 3.92. The van der Waals surface area contributed by atoms with Crippen molar-refractivity contribution >= 4 is 22.8 Å². The molecule has 1 aromatic heterocycles. The van der Waals surface area contributed by atoms with Gasteiger partial charge in [-0.15, -0.1) is 0 Å². The van der Waals surface area contributed by atoms with Gasteiger partial charge in [0.25, 0.3) is 11.8 Å². The van der Waals surface area contributed by atoms with Crippen LogP contribution in [0.5, 0.6) is 0 Å². The number of carbonyl (C=O) groups excluding carboxylic acids is 2. The number of hydrogen-bond acceptors (Lipinski definition) is 3. The molecule has 2 aromatic carbocycles. The Morgan fingerprint density at radius 2 is 1.41 bits per heavy atom. The standard InChI is InChI=1S/C31H36N4O2/c36-30(35-28-23-13-18-12-19(15-23)16-24(28)14-18)21-8-6-20(7-9-21)29-33-26-11-10-22(17-27(26)34-29)31(37)32-25-4-2-1-3-5-25/h6-11,17-19,23-25,28H,1-5,12-16H2,(H,32,37)(H,33,34)(H,35,36)/t18-,19+,23-,24+,28?. The van der Waals surface area contributed by atoms with Gasteiger partial charge in [0.05, 0.1) is 11.0 Å². The summed E-state index contributed by atoms with van der Waals surface area (Å²) in [7, 11) is 0. The summed E-state index contributed by atoms with van der Waals surface area (Å²) in [6.07, 6.45) is 12.4. The van der Waals surface area contributed by atoms with Crippen LogP contribution in [-0.2, 0) is 0 Å². The smallest absolute Gasteiger partial charge is 0.251 e. The van der Waals surface area contributed by atoms with Gasteiger partial charge in [-0.1, -0.05) is 31.4 Å². The van der Waals surface area contributed by atoms with E-state index in [0.29, 0.717) is 29.0 Å². The normalized spacial score (nSPS) is 28.9. The Kier molecular flexibility index (Phi) is 5.78. The van der Waals surface area contributed by atoms with Gasteiger partial charge < -0.3 is 15.6 Å². The largest absolute Gasteiger partial charge is 0.349 e. The number of fused-ring (bicyclic) bond motifs is 1. The molecule has 0 spiro atoms. The molecule has 2 amide bonds. The fourth-order valence-corrected chi connectivity index (χ4v) is 7.97. The fraction of sp³-hybridized carbons (Fsp3) is 0.516. The molecule has 3 N–H and O–H groups in total. The van der Waals surface area contributed by atoms with Crippen LogP contribution >= 0.6 is 0 Å². The average molecular weight is 497 g/mol. The van der Waals surface area contributed by atoms with Gasteiger partial charge in [-0.2, -0.15) is 0 Å². The zero-order valence-electron chi connectivity index (χ0n) is 21.3. The Labute approximate surface area is 218 Å². The van der Waals surface area contributed by atoms with Gasteiger partial charge in [-0.25, -0.2) is 4.98 Å². The van der Waals surface area contributed by atoms with Crippen LogP contribution in [0.25, 0.3) is 22.4 Å². The van der Waals surface area contributed by atoms with Crippen LogP contribution in [0.4, 0.5) is 0 Å². The van der Waals surface area contributed by atoms with Crippen LogP contribution in [0, 0.1) is 23.7 Å². The number of carbonyl (C=O) groups is 2. The molecular formula is C31H36N4O2. The first kappa shape index (κ1) is 23.0. The molecule has 0 unspecified atom stereocenters. The zero-order chi connectivity index (χ0) is 24.9. The third-order valence-corrected chi connectivity index (χ3v) is 9.63. The van der Waals surface area contributed by atoms with E-state index in [9.17, 15) is 9.59 Å². The van der Waals surface area contributed by atoms with Gasteiger partial charge in [0, 0.05) is 28.8 Å². The van der Waals surface area contributed by atoms with E-state index in [4.69, 9.17) is 4.98 Å². The Balaban J connectivity index is 1.03. The number of aromatic amines is 1. The molecular weight excluding hydrogens is 460 g/mol. The van der Waals surface area contributed by atoms with E-state index in [1.807, 2.05) is 42.5 Å². The summed E-state index contributed by atoms with van der Waals surface area (Å²) in [4.78, 5) is 34.0. The molecule has 5 fully saturated rings. The third kappa shape index (κ3) is 4.45. The van der Waals surface area contributed by atoms with Crippen molar-refractivity contribution in [3.8, 4) is 11.4 Å². The molecule has 0 aliphatic heterocycles. The number of benzene rings is 2. The highest BCUT2D eigenvalue weighted by molar-refractivity contribution is 5.98. The monoisotopic (exact) mass is 496 g/mol. The minimum absolute atomic E-state index is 0.0205. The Bertz CT molecular complexity index is 1290. The molecule has 0 radical (unpaired) electrons. The number of aromatic nitrogens is 2. The van der Waals surface area contributed by atoms with Crippen molar-refractivity contribution in [1.29, 1.82) is 0 Å². The Morgan fingerprint density at radius 1 is 0.757 bits per heavy atom. The van der Waals surface area contributed by atoms with E-state index in [1.165, 1.54) is 51.4 Å². The lowest BCUT2D eigenvalue weighted by molar-refractivity contribution is -0.0119.